The van der Waals surface area contributed by atoms with Crippen molar-refractivity contribution in [1.82, 2.24) is 4.98 Å². The number of aliphatic hydroxyl groups is 3. The van der Waals surface area contributed by atoms with Gasteiger partial charge in [0.05, 0.1) is 24.6 Å². The van der Waals surface area contributed by atoms with Crippen LogP contribution >= 0.6 is 11.3 Å². The van der Waals surface area contributed by atoms with Crippen LogP contribution in [0.1, 0.15) is 69.7 Å². The Balaban J connectivity index is 1.74. The molecule has 0 aliphatic heterocycles. The molecule has 3 N–H and O–H groups in total. The molecule has 0 aliphatic carbocycles. The molecule has 5 rings (SSSR count). The zero-order valence-electron chi connectivity index (χ0n) is 24.3. The molecule has 41 heavy (non-hydrogen) atoms. The van der Waals surface area contributed by atoms with E-state index in [4.69, 9.17) is 4.42 Å². The Morgan fingerprint density at radius 2 is 1.54 bits per heavy atom. The summed E-state index contributed by atoms with van der Waals surface area (Å²) in [5.74, 6) is 0. The first-order chi connectivity index (χ1) is 19.9. The van der Waals surface area contributed by atoms with E-state index in [0.717, 1.165) is 81.1 Å². The minimum Gasteiger partial charge on any atom is -0.464 e. The molecule has 2 aromatic carbocycles. The molecule has 0 radical (unpaired) electrons. The maximum atomic E-state index is 11.0. The predicted octanol–water partition coefficient (Wildman–Crippen LogP) is 8.10. The molecular weight excluding hydrogens is 530 g/mol. The fraction of sp³-hybridized carbons (Fsp3) is 0.400. The van der Waals surface area contributed by atoms with Crippen molar-refractivity contribution in [2.75, 3.05) is 0 Å². The SMILES string of the molecule is CCCC(O)Cc1cc(-c2c(C[C@@H](O)CCC)cc(-c3c(CC(O)CC)ccc4sccc34)c3occc23)ccn1. The zero-order chi connectivity index (χ0) is 28.9. The van der Waals surface area contributed by atoms with E-state index in [1.54, 1.807) is 17.6 Å². The summed E-state index contributed by atoms with van der Waals surface area (Å²) in [5.41, 5.74) is 7.91. The molecule has 0 saturated carbocycles. The lowest BCUT2D eigenvalue weighted by Gasteiger charge is -2.20. The Hall–Kier alpha value is -3.03. The summed E-state index contributed by atoms with van der Waals surface area (Å²) in [4.78, 5) is 4.56. The van der Waals surface area contributed by atoms with Crippen molar-refractivity contribution in [2.45, 2.75) is 90.4 Å². The van der Waals surface area contributed by atoms with Gasteiger partial charge >= 0.3 is 0 Å². The standard InChI is InChI=1S/C35H41NO4S/c1-4-7-27(38)19-24-20-31(34-22(18-26(37)6-3)9-10-32-29(34)13-16-41-32)35-30(12-15-40-35)33(24)23-11-14-36-25(17-23)21-28(39)8-5-2/h9-17,20,26-28,37-39H,4-8,18-19,21H2,1-3H3/t26?,27-,28?/m0/s1. The zero-order valence-corrected chi connectivity index (χ0v) is 25.1. The molecule has 0 saturated heterocycles. The van der Waals surface area contributed by atoms with Gasteiger partial charge in [0, 0.05) is 39.3 Å². The summed E-state index contributed by atoms with van der Waals surface area (Å²) in [6, 6.07) is 14.7. The van der Waals surface area contributed by atoms with Gasteiger partial charge in [0.25, 0.3) is 0 Å². The summed E-state index contributed by atoms with van der Waals surface area (Å²) in [7, 11) is 0. The average Bonchev–Trinajstić information content (AvgIpc) is 3.63. The maximum absolute atomic E-state index is 11.0. The van der Waals surface area contributed by atoms with Crippen LogP contribution in [-0.2, 0) is 19.3 Å². The topological polar surface area (TPSA) is 86.7 Å². The number of aliphatic hydroxyl groups excluding tert-OH is 3. The molecule has 5 nitrogen and oxygen atoms in total. The summed E-state index contributed by atoms with van der Waals surface area (Å²) in [5, 5.41) is 36.4. The lowest BCUT2D eigenvalue weighted by molar-refractivity contribution is 0.162. The van der Waals surface area contributed by atoms with Crippen LogP contribution in [-0.4, -0.2) is 38.6 Å². The van der Waals surface area contributed by atoms with Crippen LogP contribution in [0.15, 0.2) is 64.7 Å². The summed E-state index contributed by atoms with van der Waals surface area (Å²) >= 11 is 1.71. The maximum Gasteiger partial charge on any atom is 0.142 e. The highest BCUT2D eigenvalue weighted by molar-refractivity contribution is 7.17. The van der Waals surface area contributed by atoms with Crippen LogP contribution in [0.25, 0.3) is 43.3 Å². The Bertz CT molecular complexity index is 1600. The van der Waals surface area contributed by atoms with Gasteiger partial charge in [0.1, 0.15) is 5.58 Å². The van der Waals surface area contributed by atoms with Crippen LogP contribution < -0.4 is 0 Å². The largest absolute Gasteiger partial charge is 0.464 e. The van der Waals surface area contributed by atoms with Crippen molar-refractivity contribution in [3.05, 3.63) is 77.1 Å². The Morgan fingerprint density at radius 1 is 0.780 bits per heavy atom. The monoisotopic (exact) mass is 571 g/mol. The number of nitrogens with zero attached hydrogens (tertiary/aromatic N) is 1. The number of rotatable bonds is 13. The highest BCUT2D eigenvalue weighted by atomic mass is 32.1. The predicted molar refractivity (Wildman–Crippen MR) is 170 cm³/mol. The molecule has 0 aliphatic rings. The molecule has 0 spiro atoms. The number of aromatic nitrogens is 1. The molecule has 216 valence electrons. The fourth-order valence-electron chi connectivity index (χ4n) is 5.97. The van der Waals surface area contributed by atoms with E-state index in [1.807, 2.05) is 25.3 Å². The van der Waals surface area contributed by atoms with Gasteiger partial charge in [-0.2, -0.15) is 0 Å². The highest BCUT2D eigenvalue weighted by Gasteiger charge is 2.23. The second-order valence-corrected chi connectivity index (χ2v) is 12.1. The molecular formula is C35H41NO4S. The van der Waals surface area contributed by atoms with E-state index in [1.165, 1.54) is 4.70 Å². The molecule has 5 aromatic rings. The highest BCUT2D eigenvalue weighted by Crippen LogP contribution is 2.44. The lowest BCUT2D eigenvalue weighted by Crippen LogP contribution is -2.12. The second-order valence-electron chi connectivity index (χ2n) is 11.1. The van der Waals surface area contributed by atoms with Gasteiger partial charge in [-0.25, -0.2) is 0 Å². The molecule has 0 bridgehead atoms. The van der Waals surface area contributed by atoms with E-state index in [0.29, 0.717) is 25.7 Å². The molecule has 6 heteroatoms. The van der Waals surface area contributed by atoms with Crippen LogP contribution in [0.4, 0.5) is 0 Å². The van der Waals surface area contributed by atoms with Crippen molar-refractivity contribution >= 4 is 32.4 Å². The van der Waals surface area contributed by atoms with E-state index in [9.17, 15) is 15.3 Å². The quantitative estimate of drug-likeness (QED) is 0.133. The number of furan rings is 1. The Kier molecular flexibility index (Phi) is 9.56. The minimum absolute atomic E-state index is 0.423. The number of pyridine rings is 1. The van der Waals surface area contributed by atoms with Gasteiger partial charge in [0.2, 0.25) is 0 Å². The average molecular weight is 572 g/mol. The summed E-state index contributed by atoms with van der Waals surface area (Å²) in [6.07, 6.45) is 7.77. The van der Waals surface area contributed by atoms with Crippen molar-refractivity contribution in [2.24, 2.45) is 0 Å². The van der Waals surface area contributed by atoms with Gasteiger partial charge in [-0.3, -0.25) is 4.98 Å². The number of hydrogen-bond acceptors (Lipinski definition) is 6. The molecule has 3 heterocycles. The molecule has 2 unspecified atom stereocenters. The van der Waals surface area contributed by atoms with Crippen molar-refractivity contribution in [3.8, 4) is 22.3 Å². The number of hydrogen-bond donors (Lipinski definition) is 3. The Labute approximate surface area is 246 Å². The van der Waals surface area contributed by atoms with E-state index in [-0.39, 0.29) is 0 Å². The smallest absolute Gasteiger partial charge is 0.142 e. The van der Waals surface area contributed by atoms with E-state index >= 15 is 0 Å². The van der Waals surface area contributed by atoms with Crippen LogP contribution in [0, 0.1) is 0 Å². The number of fused-ring (bicyclic) bond motifs is 2. The second kappa shape index (κ2) is 13.3. The van der Waals surface area contributed by atoms with E-state index in [2.05, 4.69) is 54.5 Å². The first-order valence-electron chi connectivity index (χ1n) is 14.9. The molecule has 3 atom stereocenters. The number of thiophene rings is 1. The van der Waals surface area contributed by atoms with Gasteiger partial charge in [0.15, 0.2) is 0 Å². The number of benzene rings is 2. The Morgan fingerprint density at radius 3 is 2.29 bits per heavy atom. The normalized spacial score (nSPS) is 14.1. The third-order valence-electron chi connectivity index (χ3n) is 7.99. The molecule has 3 aromatic heterocycles. The third-order valence-corrected chi connectivity index (χ3v) is 8.87. The van der Waals surface area contributed by atoms with Crippen molar-refractivity contribution < 1.29 is 19.7 Å². The van der Waals surface area contributed by atoms with Crippen LogP contribution in [0.5, 0.6) is 0 Å². The summed E-state index contributed by atoms with van der Waals surface area (Å²) < 4.78 is 7.42. The summed E-state index contributed by atoms with van der Waals surface area (Å²) in [6.45, 7) is 6.17. The van der Waals surface area contributed by atoms with Gasteiger partial charge in [-0.1, -0.05) is 39.7 Å². The van der Waals surface area contributed by atoms with Gasteiger partial charge in [-0.15, -0.1) is 11.3 Å². The van der Waals surface area contributed by atoms with Gasteiger partial charge in [-0.05, 0) is 102 Å². The molecule has 0 fully saturated rings. The van der Waals surface area contributed by atoms with Crippen molar-refractivity contribution in [3.63, 3.8) is 0 Å². The van der Waals surface area contributed by atoms with Crippen LogP contribution in [0.3, 0.4) is 0 Å². The third kappa shape index (κ3) is 6.41. The fourth-order valence-corrected chi connectivity index (χ4v) is 6.77. The van der Waals surface area contributed by atoms with E-state index < -0.39 is 18.3 Å². The minimum atomic E-state index is -0.470. The lowest BCUT2D eigenvalue weighted by atomic mass is 9.85. The van der Waals surface area contributed by atoms with Crippen molar-refractivity contribution in [1.29, 1.82) is 0 Å². The first kappa shape index (κ1) is 29.5. The molecule has 0 amide bonds. The van der Waals surface area contributed by atoms with Gasteiger partial charge < -0.3 is 19.7 Å². The first-order valence-corrected chi connectivity index (χ1v) is 15.8. The van der Waals surface area contributed by atoms with Crippen LogP contribution in [0.2, 0.25) is 0 Å².